The first-order valence-electron chi connectivity index (χ1n) is 7.39. The number of hydrogen-bond acceptors (Lipinski definition) is 4. The number of aromatic nitrogens is 1. The number of rotatable bonds is 7. The van der Waals surface area contributed by atoms with Crippen LogP contribution in [0.1, 0.15) is 23.3 Å². The Kier molecular flexibility index (Phi) is 4.80. The van der Waals surface area contributed by atoms with Gasteiger partial charge in [0, 0.05) is 17.5 Å². The topological polar surface area (TPSA) is 54.0 Å². The third-order valence-corrected chi connectivity index (χ3v) is 4.45. The van der Waals surface area contributed by atoms with Crippen molar-refractivity contribution in [1.82, 2.24) is 10.3 Å². The summed E-state index contributed by atoms with van der Waals surface area (Å²) in [7, 11) is 0. The van der Waals surface area contributed by atoms with Crippen molar-refractivity contribution in [3.63, 3.8) is 0 Å². The van der Waals surface area contributed by atoms with E-state index in [2.05, 4.69) is 15.6 Å². The molecule has 0 atom stereocenters. The first-order valence-corrected chi connectivity index (χ1v) is 8.21. The molecule has 2 N–H and O–H groups in total. The summed E-state index contributed by atoms with van der Waals surface area (Å²) in [6.45, 7) is 1.21. The molecule has 1 heterocycles. The van der Waals surface area contributed by atoms with E-state index in [4.69, 9.17) is 0 Å². The van der Waals surface area contributed by atoms with Gasteiger partial charge in [0.1, 0.15) is 5.82 Å². The normalized spacial score (nSPS) is 14.0. The number of anilines is 1. The number of carbonyl (C=O) groups is 1. The van der Waals surface area contributed by atoms with Crippen LogP contribution in [0.3, 0.4) is 0 Å². The van der Waals surface area contributed by atoms with Gasteiger partial charge in [-0.3, -0.25) is 4.79 Å². The van der Waals surface area contributed by atoms with Crippen LogP contribution in [0, 0.1) is 11.7 Å². The van der Waals surface area contributed by atoms with E-state index in [0.717, 1.165) is 17.3 Å². The van der Waals surface area contributed by atoms with Crippen molar-refractivity contribution in [2.24, 2.45) is 5.92 Å². The molecule has 1 fully saturated rings. The van der Waals surface area contributed by atoms with Gasteiger partial charge >= 0.3 is 0 Å². The van der Waals surface area contributed by atoms with Crippen LogP contribution in [-0.4, -0.2) is 24.0 Å². The van der Waals surface area contributed by atoms with E-state index in [1.165, 1.54) is 30.2 Å². The predicted molar refractivity (Wildman–Crippen MR) is 85.5 cm³/mol. The van der Waals surface area contributed by atoms with Crippen molar-refractivity contribution in [3.8, 4) is 0 Å². The van der Waals surface area contributed by atoms with Crippen LogP contribution in [0.2, 0.25) is 0 Å². The molecule has 1 aliphatic rings. The molecule has 3 rings (SSSR count). The van der Waals surface area contributed by atoms with Gasteiger partial charge in [-0.1, -0.05) is 18.2 Å². The van der Waals surface area contributed by atoms with E-state index < -0.39 is 0 Å². The predicted octanol–water partition coefficient (Wildman–Crippen LogP) is 2.81. The van der Waals surface area contributed by atoms with Gasteiger partial charge in [0.15, 0.2) is 5.13 Å². The third kappa shape index (κ3) is 4.35. The van der Waals surface area contributed by atoms with E-state index in [-0.39, 0.29) is 11.7 Å². The molecule has 0 unspecified atom stereocenters. The average Bonchev–Trinajstić information content (AvgIpc) is 3.21. The van der Waals surface area contributed by atoms with Crippen molar-refractivity contribution >= 4 is 22.4 Å². The lowest BCUT2D eigenvalue weighted by Crippen LogP contribution is -2.29. The number of thiazole rings is 1. The minimum absolute atomic E-state index is 0.0903. The standard InChI is InChI=1S/C16H18FN3OS/c17-14-4-2-1-3-12(14)7-13-9-19-16(22-13)20-15(21)10-18-8-11-5-6-11/h1-4,9,11,18H,5-8,10H2,(H,19,20,21). The molecular weight excluding hydrogens is 301 g/mol. The van der Waals surface area contributed by atoms with Crippen LogP contribution >= 0.6 is 11.3 Å². The first-order chi connectivity index (χ1) is 10.7. The molecule has 0 bridgehead atoms. The number of amides is 1. The van der Waals surface area contributed by atoms with Gasteiger partial charge in [-0.15, -0.1) is 11.3 Å². The Morgan fingerprint density at radius 1 is 1.36 bits per heavy atom. The Labute approximate surface area is 132 Å². The molecule has 0 spiro atoms. The van der Waals surface area contributed by atoms with Crippen LogP contribution in [-0.2, 0) is 11.2 Å². The van der Waals surface area contributed by atoms with Gasteiger partial charge < -0.3 is 10.6 Å². The highest BCUT2D eigenvalue weighted by Gasteiger charge is 2.20. The quantitative estimate of drug-likeness (QED) is 0.825. The van der Waals surface area contributed by atoms with E-state index in [1.807, 2.05) is 6.07 Å². The first kappa shape index (κ1) is 15.1. The average molecular weight is 319 g/mol. The SMILES string of the molecule is O=C(CNCC1CC1)Nc1ncc(Cc2ccccc2F)s1. The molecule has 0 aliphatic heterocycles. The molecule has 1 aliphatic carbocycles. The highest BCUT2D eigenvalue weighted by molar-refractivity contribution is 7.15. The highest BCUT2D eigenvalue weighted by Crippen LogP contribution is 2.27. The van der Waals surface area contributed by atoms with Gasteiger partial charge in [0.25, 0.3) is 0 Å². The Morgan fingerprint density at radius 2 is 2.18 bits per heavy atom. The maximum atomic E-state index is 13.6. The summed E-state index contributed by atoms with van der Waals surface area (Å²) >= 11 is 1.38. The molecule has 1 saturated carbocycles. The van der Waals surface area contributed by atoms with Crippen LogP contribution in [0.4, 0.5) is 9.52 Å². The molecule has 4 nitrogen and oxygen atoms in total. The van der Waals surface area contributed by atoms with Crippen molar-refractivity contribution in [3.05, 3.63) is 46.7 Å². The summed E-state index contributed by atoms with van der Waals surface area (Å²) in [6, 6.07) is 6.69. The van der Waals surface area contributed by atoms with Crippen molar-refractivity contribution in [2.45, 2.75) is 19.3 Å². The van der Waals surface area contributed by atoms with Crippen LogP contribution in [0.25, 0.3) is 0 Å². The van der Waals surface area contributed by atoms with Gasteiger partial charge in [-0.05, 0) is 36.9 Å². The fourth-order valence-corrected chi connectivity index (χ4v) is 3.00. The Balaban J connectivity index is 1.50. The maximum Gasteiger partial charge on any atom is 0.240 e. The van der Waals surface area contributed by atoms with Crippen molar-refractivity contribution < 1.29 is 9.18 Å². The minimum Gasteiger partial charge on any atom is -0.308 e. The second-order valence-corrected chi connectivity index (χ2v) is 6.64. The summed E-state index contributed by atoms with van der Waals surface area (Å²) in [5.41, 5.74) is 0.634. The van der Waals surface area contributed by atoms with Crippen LogP contribution in [0.15, 0.2) is 30.5 Å². The fourth-order valence-electron chi connectivity index (χ4n) is 2.15. The van der Waals surface area contributed by atoms with E-state index >= 15 is 0 Å². The molecule has 116 valence electrons. The molecular formula is C16H18FN3OS. The van der Waals surface area contributed by atoms with Crippen LogP contribution in [0.5, 0.6) is 0 Å². The molecule has 0 saturated heterocycles. The lowest BCUT2D eigenvalue weighted by molar-refractivity contribution is -0.115. The van der Waals surface area contributed by atoms with E-state index in [0.29, 0.717) is 23.7 Å². The van der Waals surface area contributed by atoms with Gasteiger partial charge in [-0.2, -0.15) is 0 Å². The Hall–Kier alpha value is -1.79. The smallest absolute Gasteiger partial charge is 0.240 e. The largest absolute Gasteiger partial charge is 0.308 e. The number of nitrogens with zero attached hydrogens (tertiary/aromatic N) is 1. The lowest BCUT2D eigenvalue weighted by Gasteiger charge is -2.03. The van der Waals surface area contributed by atoms with Gasteiger partial charge in [-0.25, -0.2) is 9.37 Å². The molecule has 2 aromatic rings. The highest BCUT2D eigenvalue weighted by atomic mass is 32.1. The Bertz CT molecular complexity index is 654. The second kappa shape index (κ2) is 6.98. The summed E-state index contributed by atoms with van der Waals surface area (Å²) < 4.78 is 13.6. The number of hydrogen-bond donors (Lipinski definition) is 2. The molecule has 1 aromatic heterocycles. The monoisotopic (exact) mass is 319 g/mol. The zero-order valence-corrected chi connectivity index (χ0v) is 13.0. The molecule has 6 heteroatoms. The minimum atomic E-state index is -0.217. The number of carbonyl (C=O) groups excluding carboxylic acids is 1. The Morgan fingerprint density at radius 3 is 2.95 bits per heavy atom. The van der Waals surface area contributed by atoms with Crippen molar-refractivity contribution in [2.75, 3.05) is 18.4 Å². The fraction of sp³-hybridized carbons (Fsp3) is 0.375. The van der Waals surface area contributed by atoms with E-state index in [1.54, 1.807) is 18.3 Å². The third-order valence-electron chi connectivity index (χ3n) is 3.54. The molecule has 0 radical (unpaired) electrons. The second-order valence-electron chi connectivity index (χ2n) is 5.52. The zero-order chi connectivity index (χ0) is 15.4. The lowest BCUT2D eigenvalue weighted by atomic mass is 10.1. The molecule has 1 amide bonds. The molecule has 22 heavy (non-hydrogen) atoms. The van der Waals surface area contributed by atoms with E-state index in [9.17, 15) is 9.18 Å². The van der Waals surface area contributed by atoms with Crippen LogP contribution < -0.4 is 10.6 Å². The summed E-state index contributed by atoms with van der Waals surface area (Å²) in [5, 5.41) is 6.47. The van der Waals surface area contributed by atoms with Crippen molar-refractivity contribution in [1.29, 1.82) is 0 Å². The zero-order valence-electron chi connectivity index (χ0n) is 12.1. The van der Waals surface area contributed by atoms with Gasteiger partial charge in [0.05, 0.1) is 6.54 Å². The number of benzene rings is 1. The number of halogens is 1. The maximum absolute atomic E-state index is 13.6. The summed E-state index contributed by atoms with van der Waals surface area (Å²) in [5.74, 6) is 0.443. The number of nitrogens with one attached hydrogen (secondary N) is 2. The molecule has 1 aromatic carbocycles. The summed E-state index contributed by atoms with van der Waals surface area (Å²) in [6.07, 6.45) is 4.70. The van der Waals surface area contributed by atoms with Gasteiger partial charge in [0.2, 0.25) is 5.91 Å². The summed E-state index contributed by atoms with van der Waals surface area (Å²) in [4.78, 5) is 16.9.